The molecule has 2 aromatic rings. The van der Waals surface area contributed by atoms with Crippen LogP contribution in [-0.4, -0.2) is 46.4 Å². The summed E-state index contributed by atoms with van der Waals surface area (Å²) in [4.78, 5) is 53.7. The zero-order chi connectivity index (χ0) is 28.8. The van der Waals surface area contributed by atoms with Gasteiger partial charge in [-0.2, -0.15) is 0 Å². The molecule has 2 atom stereocenters. The zero-order valence-electron chi connectivity index (χ0n) is 23.5. The summed E-state index contributed by atoms with van der Waals surface area (Å²) >= 11 is 0. The van der Waals surface area contributed by atoms with Crippen molar-refractivity contribution < 1.29 is 23.9 Å². The maximum absolute atomic E-state index is 14.0. The summed E-state index contributed by atoms with van der Waals surface area (Å²) in [6.07, 6.45) is -1.33. The van der Waals surface area contributed by atoms with Gasteiger partial charge in [-0.3, -0.25) is 14.4 Å². The van der Waals surface area contributed by atoms with Crippen LogP contribution in [-0.2, 0) is 19.1 Å². The van der Waals surface area contributed by atoms with Gasteiger partial charge in [-0.25, -0.2) is 4.79 Å². The van der Waals surface area contributed by atoms with Crippen molar-refractivity contribution >= 4 is 29.5 Å². The fraction of sp³-hybridized carbons (Fsp3) is 0.448. The maximum Gasteiger partial charge on any atom is 0.408 e. The van der Waals surface area contributed by atoms with Gasteiger partial charge in [0, 0.05) is 11.7 Å². The summed E-state index contributed by atoms with van der Waals surface area (Å²) < 4.78 is 5.30. The molecule has 9 nitrogen and oxygen atoms in total. The van der Waals surface area contributed by atoms with Crippen LogP contribution < -0.4 is 16.4 Å². The predicted molar refractivity (Wildman–Crippen MR) is 147 cm³/mol. The fourth-order valence-electron chi connectivity index (χ4n) is 4.19. The average Bonchev–Trinajstić information content (AvgIpc) is 2.77. The minimum Gasteiger partial charge on any atom is -0.444 e. The third-order valence-corrected chi connectivity index (χ3v) is 5.82. The summed E-state index contributed by atoms with van der Waals surface area (Å²) in [5.74, 6) is -1.84. The molecule has 0 saturated carbocycles. The van der Waals surface area contributed by atoms with E-state index >= 15 is 0 Å². The molecule has 0 aliphatic rings. The number of nitrogens with two attached hydrogens (primary N) is 1. The van der Waals surface area contributed by atoms with Crippen molar-refractivity contribution in [3.05, 3.63) is 64.7 Å². The molecule has 0 aromatic heterocycles. The number of anilines is 1. The standard InChI is InChI=1S/C29H40N4O5/c1-17(2)33(27(36)22(16-23(30)34)31-28(37)38-29(6,7)8)25(21-14-9-11-18(3)15-21)26(35)32-24-19(4)12-10-13-20(24)5/h9-15,17,22,25H,16H2,1-8H3,(H2,30,34)(H,31,37)(H,32,35). The van der Waals surface area contributed by atoms with Crippen LogP contribution >= 0.6 is 0 Å². The molecule has 0 spiro atoms. The SMILES string of the molecule is Cc1cccc(C(C(=O)Nc2c(C)cccc2C)N(C(=O)C(CC(N)=O)NC(=O)OC(C)(C)C)C(C)C)c1. The summed E-state index contributed by atoms with van der Waals surface area (Å²) in [7, 11) is 0. The number of primary amides is 1. The number of carbonyl (C=O) groups excluding carboxylic acids is 4. The largest absolute Gasteiger partial charge is 0.444 e. The van der Waals surface area contributed by atoms with Gasteiger partial charge in [0.2, 0.25) is 11.8 Å². The number of hydrogen-bond donors (Lipinski definition) is 3. The lowest BCUT2D eigenvalue weighted by Gasteiger charge is -2.37. The van der Waals surface area contributed by atoms with E-state index in [0.29, 0.717) is 11.3 Å². The molecule has 4 N–H and O–H groups in total. The van der Waals surface area contributed by atoms with Gasteiger partial charge in [0.1, 0.15) is 17.7 Å². The second-order valence-corrected chi connectivity index (χ2v) is 10.8. The Morgan fingerprint density at radius 1 is 0.974 bits per heavy atom. The number of alkyl carbamates (subject to hydrolysis) is 1. The van der Waals surface area contributed by atoms with E-state index < -0.39 is 54.0 Å². The maximum atomic E-state index is 14.0. The number of amides is 4. The van der Waals surface area contributed by atoms with Crippen LogP contribution in [0.2, 0.25) is 0 Å². The van der Waals surface area contributed by atoms with Gasteiger partial charge >= 0.3 is 6.09 Å². The van der Waals surface area contributed by atoms with E-state index in [1.54, 1.807) is 40.7 Å². The van der Waals surface area contributed by atoms with Crippen molar-refractivity contribution in [3.63, 3.8) is 0 Å². The Bertz CT molecular complexity index is 1170. The summed E-state index contributed by atoms with van der Waals surface area (Å²) in [5.41, 5.74) is 8.52. The second kappa shape index (κ2) is 12.6. The van der Waals surface area contributed by atoms with Gasteiger partial charge < -0.3 is 26.0 Å². The molecule has 0 aliphatic heterocycles. The molecular formula is C29H40N4O5. The Morgan fingerprint density at radius 2 is 1.55 bits per heavy atom. The summed E-state index contributed by atoms with van der Waals surface area (Å²) in [5, 5.41) is 5.48. The molecule has 0 saturated heterocycles. The van der Waals surface area contributed by atoms with Crippen LogP contribution in [0, 0.1) is 20.8 Å². The van der Waals surface area contributed by atoms with Crippen molar-refractivity contribution in [2.75, 3.05) is 5.32 Å². The van der Waals surface area contributed by atoms with Gasteiger partial charge in [0.15, 0.2) is 0 Å². The highest BCUT2D eigenvalue weighted by atomic mass is 16.6. The number of hydrogen-bond acceptors (Lipinski definition) is 5. The van der Waals surface area contributed by atoms with Gasteiger partial charge in [-0.15, -0.1) is 0 Å². The van der Waals surface area contributed by atoms with Crippen molar-refractivity contribution in [2.45, 2.75) is 85.5 Å². The first-order valence-corrected chi connectivity index (χ1v) is 12.6. The van der Waals surface area contributed by atoms with Crippen LogP contribution in [0.5, 0.6) is 0 Å². The second-order valence-electron chi connectivity index (χ2n) is 10.8. The van der Waals surface area contributed by atoms with Gasteiger partial charge in [-0.1, -0.05) is 48.0 Å². The molecule has 0 heterocycles. The Kier molecular flexibility index (Phi) is 10.0. The van der Waals surface area contributed by atoms with Gasteiger partial charge in [0.05, 0.1) is 6.42 Å². The first-order valence-electron chi connectivity index (χ1n) is 12.6. The minimum absolute atomic E-state index is 0.426. The Balaban J connectivity index is 2.57. The van der Waals surface area contributed by atoms with E-state index in [9.17, 15) is 19.2 Å². The van der Waals surface area contributed by atoms with Crippen molar-refractivity contribution in [3.8, 4) is 0 Å². The number of carbonyl (C=O) groups is 4. The molecule has 2 rings (SSSR count). The molecule has 9 heteroatoms. The molecular weight excluding hydrogens is 484 g/mol. The summed E-state index contributed by atoms with van der Waals surface area (Å²) in [6.45, 7) is 14.3. The molecule has 2 aromatic carbocycles. The van der Waals surface area contributed by atoms with Crippen LogP contribution in [0.3, 0.4) is 0 Å². The van der Waals surface area contributed by atoms with E-state index in [1.807, 2.05) is 57.2 Å². The van der Waals surface area contributed by atoms with Crippen LogP contribution in [0.15, 0.2) is 42.5 Å². The number of ether oxygens (including phenoxy) is 1. The molecule has 4 amide bonds. The number of aryl methyl sites for hydroxylation is 3. The number of benzene rings is 2. The third-order valence-electron chi connectivity index (χ3n) is 5.82. The van der Waals surface area contributed by atoms with Crippen LogP contribution in [0.1, 0.15) is 69.3 Å². The Labute approximate surface area is 225 Å². The number of para-hydroxylation sites is 1. The number of nitrogens with zero attached hydrogens (tertiary/aromatic N) is 1. The highest BCUT2D eigenvalue weighted by Crippen LogP contribution is 2.29. The van der Waals surface area contributed by atoms with Gasteiger partial charge in [-0.05, 0) is 72.1 Å². The van der Waals surface area contributed by atoms with E-state index in [2.05, 4.69) is 10.6 Å². The highest BCUT2D eigenvalue weighted by Gasteiger charge is 2.38. The fourth-order valence-corrected chi connectivity index (χ4v) is 4.19. The van der Waals surface area contributed by atoms with Crippen molar-refractivity contribution in [1.29, 1.82) is 0 Å². The Hall–Kier alpha value is -3.88. The third kappa shape index (κ3) is 8.33. The first-order chi connectivity index (χ1) is 17.6. The molecule has 2 unspecified atom stereocenters. The quantitative estimate of drug-likeness (QED) is 0.450. The van der Waals surface area contributed by atoms with E-state index in [4.69, 9.17) is 10.5 Å². The smallest absolute Gasteiger partial charge is 0.408 e. The molecule has 0 aliphatic carbocycles. The number of nitrogens with one attached hydrogen (secondary N) is 2. The summed E-state index contributed by atoms with van der Waals surface area (Å²) in [6, 6.07) is 10.1. The lowest BCUT2D eigenvalue weighted by Crippen LogP contribution is -2.55. The van der Waals surface area contributed by atoms with Crippen molar-refractivity contribution in [1.82, 2.24) is 10.2 Å². The van der Waals surface area contributed by atoms with E-state index in [0.717, 1.165) is 16.7 Å². The lowest BCUT2D eigenvalue weighted by molar-refractivity contribution is -0.143. The molecule has 206 valence electrons. The highest BCUT2D eigenvalue weighted by molar-refractivity contribution is 6.00. The van der Waals surface area contributed by atoms with E-state index in [1.165, 1.54) is 4.90 Å². The molecule has 0 radical (unpaired) electrons. The topological polar surface area (TPSA) is 131 Å². The van der Waals surface area contributed by atoms with Gasteiger partial charge in [0.25, 0.3) is 5.91 Å². The molecule has 0 bridgehead atoms. The van der Waals surface area contributed by atoms with Crippen LogP contribution in [0.4, 0.5) is 10.5 Å². The first kappa shape index (κ1) is 30.3. The van der Waals surface area contributed by atoms with Crippen LogP contribution in [0.25, 0.3) is 0 Å². The lowest BCUT2D eigenvalue weighted by atomic mass is 9.98. The predicted octanol–water partition coefficient (Wildman–Crippen LogP) is 4.30. The molecule has 0 fully saturated rings. The van der Waals surface area contributed by atoms with Crippen molar-refractivity contribution in [2.24, 2.45) is 5.73 Å². The molecule has 38 heavy (non-hydrogen) atoms. The average molecular weight is 525 g/mol. The normalized spacial score (nSPS) is 12.9. The Morgan fingerprint density at radius 3 is 2.05 bits per heavy atom. The minimum atomic E-state index is -1.33. The number of rotatable bonds is 9. The monoisotopic (exact) mass is 524 g/mol. The zero-order valence-corrected chi connectivity index (χ0v) is 23.5. The van der Waals surface area contributed by atoms with E-state index in [-0.39, 0.29) is 0 Å².